The zero-order valence-electron chi connectivity index (χ0n) is 10.8. The zero-order chi connectivity index (χ0) is 13.5. The number of pyridine rings is 1. The van der Waals surface area contributed by atoms with E-state index in [2.05, 4.69) is 27.1 Å². The molecule has 0 spiro atoms. The van der Waals surface area contributed by atoms with Crippen LogP contribution in [-0.4, -0.2) is 22.1 Å². The van der Waals surface area contributed by atoms with Gasteiger partial charge in [0.15, 0.2) is 0 Å². The van der Waals surface area contributed by atoms with Crippen LogP contribution in [0.4, 0.5) is 0 Å². The maximum absolute atomic E-state index is 5.26. The van der Waals surface area contributed by atoms with Crippen LogP contribution >= 0.6 is 11.3 Å². The highest BCUT2D eigenvalue weighted by atomic mass is 32.1. The van der Waals surface area contributed by atoms with E-state index in [1.165, 1.54) is 4.70 Å². The Morgan fingerprint density at radius 1 is 1.20 bits per heavy atom. The lowest BCUT2D eigenvalue weighted by atomic mass is 10.1. The van der Waals surface area contributed by atoms with Gasteiger partial charge in [-0.15, -0.1) is 11.3 Å². The fourth-order valence-electron chi connectivity index (χ4n) is 2.36. The van der Waals surface area contributed by atoms with Gasteiger partial charge in [0.05, 0.1) is 29.0 Å². The summed E-state index contributed by atoms with van der Waals surface area (Å²) in [5.74, 6) is 0.761. The van der Waals surface area contributed by atoms with Crippen molar-refractivity contribution in [3.63, 3.8) is 0 Å². The van der Waals surface area contributed by atoms with Crippen LogP contribution in [0.1, 0.15) is 0 Å². The topological polar surface area (TPSA) is 50.8 Å². The molecular formula is C15H11N3OS. The number of ether oxygens (including phenoxy) is 1. The van der Waals surface area contributed by atoms with Crippen molar-refractivity contribution in [3.8, 4) is 16.9 Å². The molecule has 20 heavy (non-hydrogen) atoms. The summed E-state index contributed by atoms with van der Waals surface area (Å²) >= 11 is 1.65. The van der Waals surface area contributed by atoms with E-state index in [9.17, 15) is 0 Å². The third-order valence-corrected chi connectivity index (χ3v) is 4.18. The molecule has 0 fully saturated rings. The smallest absolute Gasteiger partial charge is 0.138 e. The first-order chi connectivity index (χ1) is 9.85. The Bertz CT molecular complexity index is 910. The Labute approximate surface area is 119 Å². The van der Waals surface area contributed by atoms with E-state index in [1.807, 2.05) is 23.8 Å². The highest BCUT2D eigenvalue weighted by molar-refractivity contribution is 7.16. The minimum atomic E-state index is 0.761. The number of fused-ring (bicyclic) bond motifs is 2. The maximum atomic E-state index is 5.26. The monoisotopic (exact) mass is 281 g/mol. The summed E-state index contributed by atoms with van der Waals surface area (Å²) < 4.78 is 6.44. The second kappa shape index (κ2) is 4.31. The first kappa shape index (κ1) is 11.4. The van der Waals surface area contributed by atoms with Crippen molar-refractivity contribution in [2.75, 3.05) is 7.11 Å². The van der Waals surface area contributed by atoms with Crippen molar-refractivity contribution >= 4 is 32.6 Å². The van der Waals surface area contributed by atoms with Crippen LogP contribution in [0.5, 0.6) is 5.75 Å². The third-order valence-electron chi connectivity index (χ3n) is 3.38. The molecule has 0 saturated heterocycles. The Morgan fingerprint density at radius 3 is 3.05 bits per heavy atom. The summed E-state index contributed by atoms with van der Waals surface area (Å²) in [6, 6.07) is 8.30. The second-order valence-corrected chi connectivity index (χ2v) is 5.39. The number of benzene rings is 1. The first-order valence-electron chi connectivity index (χ1n) is 6.20. The van der Waals surface area contributed by atoms with Crippen molar-refractivity contribution in [1.82, 2.24) is 15.0 Å². The highest BCUT2D eigenvalue weighted by Gasteiger charge is 2.09. The molecule has 1 N–H and O–H groups in total. The summed E-state index contributed by atoms with van der Waals surface area (Å²) in [6.07, 6.45) is 3.70. The standard InChI is InChI=1S/C15H11N3OS/c1-19-10-5-11-12(7-17-15(11)16-6-10)9-2-3-13-14(4-9)20-8-18-13/h2-8H,1H3,(H,16,17). The lowest BCUT2D eigenvalue weighted by Crippen LogP contribution is -1.84. The number of nitrogens with one attached hydrogen (secondary N) is 1. The zero-order valence-corrected chi connectivity index (χ0v) is 11.6. The van der Waals surface area contributed by atoms with Crippen LogP contribution in [-0.2, 0) is 0 Å². The quantitative estimate of drug-likeness (QED) is 0.607. The molecule has 3 aromatic heterocycles. The summed E-state index contributed by atoms with van der Waals surface area (Å²) in [7, 11) is 1.65. The Kier molecular flexibility index (Phi) is 2.47. The van der Waals surface area contributed by atoms with Crippen molar-refractivity contribution in [2.45, 2.75) is 0 Å². The molecule has 1 aromatic carbocycles. The van der Waals surface area contributed by atoms with Crippen LogP contribution in [0, 0.1) is 0 Å². The number of thiazole rings is 1. The normalized spacial score (nSPS) is 11.2. The van der Waals surface area contributed by atoms with E-state index in [4.69, 9.17) is 4.74 Å². The van der Waals surface area contributed by atoms with Crippen LogP contribution in [0.25, 0.3) is 32.4 Å². The van der Waals surface area contributed by atoms with Crippen LogP contribution in [0.15, 0.2) is 42.2 Å². The van der Waals surface area contributed by atoms with Crippen LogP contribution in [0.3, 0.4) is 0 Å². The number of H-pyrrole nitrogens is 1. The largest absolute Gasteiger partial charge is 0.495 e. The number of aromatic nitrogens is 3. The summed E-state index contributed by atoms with van der Waals surface area (Å²) in [5, 5.41) is 1.06. The predicted octanol–water partition coefficient (Wildman–Crippen LogP) is 3.85. The van der Waals surface area contributed by atoms with Gasteiger partial charge in [0.2, 0.25) is 0 Å². The molecule has 0 bridgehead atoms. The Balaban J connectivity index is 1.96. The van der Waals surface area contributed by atoms with Gasteiger partial charge in [0.1, 0.15) is 11.4 Å². The van der Waals surface area contributed by atoms with E-state index in [1.54, 1.807) is 24.6 Å². The van der Waals surface area contributed by atoms with E-state index >= 15 is 0 Å². The molecule has 4 nitrogen and oxygen atoms in total. The molecule has 98 valence electrons. The Hall–Kier alpha value is -2.40. The van der Waals surface area contributed by atoms with Crippen molar-refractivity contribution < 1.29 is 4.74 Å². The predicted molar refractivity (Wildman–Crippen MR) is 81.3 cm³/mol. The minimum absolute atomic E-state index is 0.761. The van der Waals surface area contributed by atoms with Gasteiger partial charge in [0.25, 0.3) is 0 Å². The maximum Gasteiger partial charge on any atom is 0.138 e. The van der Waals surface area contributed by atoms with Crippen molar-refractivity contribution in [1.29, 1.82) is 0 Å². The molecular weight excluding hydrogens is 270 g/mol. The Morgan fingerprint density at radius 2 is 2.15 bits per heavy atom. The first-order valence-corrected chi connectivity index (χ1v) is 7.08. The summed E-state index contributed by atoms with van der Waals surface area (Å²) in [4.78, 5) is 11.9. The van der Waals surface area contributed by atoms with Gasteiger partial charge in [0, 0.05) is 17.1 Å². The molecule has 0 aliphatic rings. The van der Waals surface area contributed by atoms with E-state index in [-0.39, 0.29) is 0 Å². The van der Waals surface area contributed by atoms with Gasteiger partial charge in [-0.2, -0.15) is 0 Å². The van der Waals surface area contributed by atoms with Gasteiger partial charge in [-0.1, -0.05) is 6.07 Å². The van der Waals surface area contributed by atoms with E-state index in [0.29, 0.717) is 0 Å². The average Bonchev–Trinajstić information content (AvgIpc) is 3.11. The number of hydrogen-bond donors (Lipinski definition) is 1. The lowest BCUT2D eigenvalue weighted by molar-refractivity contribution is 0.414. The molecule has 0 aliphatic heterocycles. The SMILES string of the molecule is COc1cnc2[nH]cc(-c3ccc4ncsc4c3)c2c1. The molecule has 0 amide bonds. The summed E-state index contributed by atoms with van der Waals surface area (Å²) in [6.45, 7) is 0. The number of aromatic amines is 1. The third kappa shape index (κ3) is 1.67. The average molecular weight is 281 g/mol. The van der Waals surface area contributed by atoms with Gasteiger partial charge >= 0.3 is 0 Å². The van der Waals surface area contributed by atoms with Crippen LogP contribution < -0.4 is 4.74 Å². The van der Waals surface area contributed by atoms with Gasteiger partial charge < -0.3 is 9.72 Å². The fraction of sp³-hybridized carbons (Fsp3) is 0.0667. The van der Waals surface area contributed by atoms with E-state index in [0.717, 1.165) is 33.4 Å². The molecule has 0 aliphatic carbocycles. The molecule has 3 heterocycles. The molecule has 5 heteroatoms. The molecule has 0 unspecified atom stereocenters. The van der Waals surface area contributed by atoms with Gasteiger partial charge in [-0.05, 0) is 23.8 Å². The number of methoxy groups -OCH3 is 1. The lowest BCUT2D eigenvalue weighted by Gasteiger charge is -2.02. The minimum Gasteiger partial charge on any atom is -0.495 e. The number of hydrogen-bond acceptors (Lipinski definition) is 4. The second-order valence-electron chi connectivity index (χ2n) is 4.51. The summed E-state index contributed by atoms with van der Waals surface area (Å²) in [5.41, 5.74) is 6.05. The number of nitrogens with zero attached hydrogens (tertiary/aromatic N) is 2. The number of rotatable bonds is 2. The van der Waals surface area contributed by atoms with E-state index < -0.39 is 0 Å². The molecule has 4 aromatic rings. The van der Waals surface area contributed by atoms with Crippen molar-refractivity contribution in [2.24, 2.45) is 0 Å². The van der Waals surface area contributed by atoms with Crippen LogP contribution in [0.2, 0.25) is 0 Å². The van der Waals surface area contributed by atoms with Gasteiger partial charge in [-0.3, -0.25) is 0 Å². The molecule has 0 saturated carbocycles. The fourth-order valence-corrected chi connectivity index (χ4v) is 3.07. The molecule has 0 atom stereocenters. The van der Waals surface area contributed by atoms with Gasteiger partial charge in [-0.25, -0.2) is 9.97 Å². The van der Waals surface area contributed by atoms with Crippen molar-refractivity contribution in [3.05, 3.63) is 42.2 Å². The molecule has 4 rings (SSSR count). The highest BCUT2D eigenvalue weighted by Crippen LogP contribution is 2.32. The molecule has 0 radical (unpaired) electrons.